The van der Waals surface area contributed by atoms with Gasteiger partial charge in [-0.15, -0.1) is 5.10 Å². The fourth-order valence-corrected chi connectivity index (χ4v) is 5.13. The Labute approximate surface area is 224 Å². The first-order valence-electron chi connectivity index (χ1n) is 12.4. The van der Waals surface area contributed by atoms with Crippen LogP contribution in [-0.2, 0) is 4.79 Å². The summed E-state index contributed by atoms with van der Waals surface area (Å²) >= 11 is 5.83. The lowest BCUT2D eigenvalue weighted by atomic mass is 9.88. The highest BCUT2D eigenvalue weighted by atomic mass is 35.5. The smallest absolute Gasteiger partial charge is 0.269 e. The van der Waals surface area contributed by atoms with Crippen molar-refractivity contribution in [1.29, 1.82) is 0 Å². The number of nitrogens with zero attached hydrogens (tertiary/aromatic N) is 4. The quantitative estimate of drug-likeness (QED) is 0.321. The van der Waals surface area contributed by atoms with E-state index in [9.17, 15) is 27.6 Å². The number of halogens is 4. The predicted molar refractivity (Wildman–Crippen MR) is 131 cm³/mol. The molecular formula is C24H25ClF3N7O4. The largest absolute Gasteiger partial charge is 0.364 e. The van der Waals surface area contributed by atoms with Crippen molar-refractivity contribution in [2.24, 2.45) is 17.8 Å². The van der Waals surface area contributed by atoms with Crippen LogP contribution in [0.1, 0.15) is 59.8 Å². The minimum Gasteiger partial charge on any atom is -0.364 e. The Bertz CT molecular complexity index is 1420. The van der Waals surface area contributed by atoms with Crippen LogP contribution in [0.5, 0.6) is 0 Å². The van der Waals surface area contributed by atoms with Crippen molar-refractivity contribution in [3.8, 4) is 0 Å². The summed E-state index contributed by atoms with van der Waals surface area (Å²) in [6.07, 6.45) is 2.12. The Hall–Kier alpha value is -3.68. The third-order valence-corrected chi connectivity index (χ3v) is 7.30. The summed E-state index contributed by atoms with van der Waals surface area (Å²) in [4.78, 5) is 38.8. The van der Waals surface area contributed by atoms with E-state index < -0.39 is 48.3 Å². The molecule has 3 N–H and O–H groups in total. The number of aromatic amines is 1. The number of rotatable bonds is 11. The zero-order valence-electron chi connectivity index (χ0n) is 20.7. The standard InChI is InChI=1S/C24H25ClF3N7O4/c1-10-14(9-39-34-10)22(36)30-20(19(11-2-3-11)12-4-5-12)24(38)29-15-8-35(33-21(15)28)16(7-18(26)27)13-6-17(25)31-32-23(13)37/h6,8-9,11-12,16,18-20H,2-5,7H2,1H3,(H,29,38)(H,30,36)(H,32,37)/t16?,20-/m0/s1. The Morgan fingerprint density at radius 3 is 2.54 bits per heavy atom. The maximum atomic E-state index is 14.9. The summed E-state index contributed by atoms with van der Waals surface area (Å²) in [7, 11) is 0. The molecule has 2 aliphatic carbocycles. The van der Waals surface area contributed by atoms with Crippen LogP contribution in [0.2, 0.25) is 5.15 Å². The van der Waals surface area contributed by atoms with Crippen LogP contribution in [0.3, 0.4) is 0 Å². The Morgan fingerprint density at radius 2 is 1.95 bits per heavy atom. The molecule has 0 spiro atoms. The summed E-state index contributed by atoms with van der Waals surface area (Å²) in [5.41, 5.74) is -0.859. The number of nitrogens with one attached hydrogen (secondary N) is 3. The number of aryl methyl sites for hydroxylation is 1. The molecule has 39 heavy (non-hydrogen) atoms. The molecule has 0 bridgehead atoms. The molecule has 2 amide bonds. The molecule has 3 aromatic heterocycles. The molecule has 0 saturated heterocycles. The van der Waals surface area contributed by atoms with Crippen LogP contribution in [-0.4, -0.2) is 49.4 Å². The minimum atomic E-state index is -2.87. The summed E-state index contributed by atoms with van der Waals surface area (Å²) in [6.45, 7) is 1.59. The van der Waals surface area contributed by atoms with Gasteiger partial charge in [-0.1, -0.05) is 16.8 Å². The highest BCUT2D eigenvalue weighted by Gasteiger charge is 2.48. The average Bonchev–Trinajstić information content (AvgIpc) is 3.81. The van der Waals surface area contributed by atoms with Gasteiger partial charge in [-0.2, -0.15) is 9.49 Å². The lowest BCUT2D eigenvalue weighted by Gasteiger charge is -2.27. The number of anilines is 1. The molecule has 5 rings (SSSR count). The number of hydrogen-bond donors (Lipinski definition) is 3. The first-order valence-corrected chi connectivity index (χ1v) is 12.8. The van der Waals surface area contributed by atoms with E-state index in [0.29, 0.717) is 5.69 Å². The molecular weight excluding hydrogens is 543 g/mol. The SMILES string of the molecule is Cc1nocc1C(=O)N[C@H](C(=O)Nc1cn(C(CC(F)F)c2cc(Cl)n[nH]c2=O)nc1F)C(C1CC1)C1CC1. The van der Waals surface area contributed by atoms with Gasteiger partial charge in [-0.05, 0) is 56.4 Å². The molecule has 15 heteroatoms. The summed E-state index contributed by atoms with van der Waals surface area (Å²) < 4.78 is 47.5. The van der Waals surface area contributed by atoms with Gasteiger partial charge in [0.05, 0.1) is 17.9 Å². The van der Waals surface area contributed by atoms with E-state index in [1.165, 1.54) is 6.26 Å². The average molecular weight is 568 g/mol. The van der Waals surface area contributed by atoms with Crippen molar-refractivity contribution in [1.82, 2.24) is 30.5 Å². The third-order valence-electron chi connectivity index (χ3n) is 7.11. The molecule has 3 heterocycles. The molecule has 3 aromatic rings. The van der Waals surface area contributed by atoms with Crippen molar-refractivity contribution in [2.75, 3.05) is 5.32 Å². The summed E-state index contributed by atoms with van der Waals surface area (Å²) in [5.74, 6) is -2.05. The second kappa shape index (κ2) is 10.8. The predicted octanol–water partition coefficient (Wildman–Crippen LogP) is 3.47. The van der Waals surface area contributed by atoms with E-state index in [1.807, 2.05) is 0 Å². The van der Waals surface area contributed by atoms with Crippen LogP contribution in [0.25, 0.3) is 0 Å². The van der Waals surface area contributed by atoms with E-state index in [-0.39, 0.29) is 39.7 Å². The maximum absolute atomic E-state index is 14.9. The molecule has 0 aromatic carbocycles. The molecule has 2 fully saturated rings. The normalized spacial score (nSPS) is 16.9. The highest BCUT2D eigenvalue weighted by molar-refractivity contribution is 6.29. The number of amides is 2. The Balaban J connectivity index is 1.42. The van der Waals surface area contributed by atoms with E-state index in [2.05, 4.69) is 31.1 Å². The fraction of sp³-hybridized carbons (Fsp3) is 0.500. The first-order chi connectivity index (χ1) is 18.6. The maximum Gasteiger partial charge on any atom is 0.269 e. The van der Waals surface area contributed by atoms with Crippen LogP contribution >= 0.6 is 11.6 Å². The van der Waals surface area contributed by atoms with Crippen molar-refractivity contribution < 1.29 is 27.3 Å². The summed E-state index contributed by atoms with van der Waals surface area (Å²) in [6, 6.07) is -1.29. The van der Waals surface area contributed by atoms with Crippen LogP contribution in [0.4, 0.5) is 18.9 Å². The molecule has 1 unspecified atom stereocenters. The third kappa shape index (κ3) is 6.00. The van der Waals surface area contributed by atoms with E-state index in [1.54, 1.807) is 6.92 Å². The zero-order chi connectivity index (χ0) is 27.8. The number of H-pyrrole nitrogens is 1. The summed E-state index contributed by atoms with van der Waals surface area (Å²) in [5, 5.41) is 18.0. The fourth-order valence-electron chi connectivity index (χ4n) is 4.97. The molecule has 11 nitrogen and oxygen atoms in total. The van der Waals surface area contributed by atoms with E-state index >= 15 is 0 Å². The molecule has 2 atom stereocenters. The van der Waals surface area contributed by atoms with Gasteiger partial charge in [0.1, 0.15) is 28.7 Å². The second-order valence-electron chi connectivity index (χ2n) is 9.94. The van der Waals surface area contributed by atoms with Crippen LogP contribution in [0.15, 0.2) is 27.8 Å². The lowest BCUT2D eigenvalue weighted by molar-refractivity contribution is -0.119. The highest BCUT2D eigenvalue weighted by Crippen LogP contribution is 2.51. The zero-order valence-corrected chi connectivity index (χ0v) is 21.4. The van der Waals surface area contributed by atoms with Gasteiger partial charge >= 0.3 is 0 Å². The monoisotopic (exact) mass is 567 g/mol. The molecule has 0 aliphatic heterocycles. The van der Waals surface area contributed by atoms with Crippen molar-refractivity contribution in [3.05, 3.63) is 56.8 Å². The number of hydrogen-bond acceptors (Lipinski definition) is 7. The number of aromatic nitrogens is 5. The van der Waals surface area contributed by atoms with Gasteiger partial charge in [-0.3, -0.25) is 19.1 Å². The lowest BCUT2D eigenvalue weighted by Crippen LogP contribution is -2.50. The molecule has 2 aliphatic rings. The molecule has 208 valence electrons. The van der Waals surface area contributed by atoms with Crippen molar-refractivity contribution >= 4 is 29.1 Å². The topological polar surface area (TPSA) is 148 Å². The number of alkyl halides is 2. The number of carbonyl (C=O) groups excluding carboxylic acids is 2. The van der Waals surface area contributed by atoms with Crippen molar-refractivity contribution in [2.45, 2.75) is 57.5 Å². The molecule has 2 saturated carbocycles. The van der Waals surface area contributed by atoms with E-state index in [4.69, 9.17) is 16.1 Å². The molecule has 0 radical (unpaired) electrons. The van der Waals surface area contributed by atoms with Crippen molar-refractivity contribution in [3.63, 3.8) is 0 Å². The van der Waals surface area contributed by atoms with Gasteiger partial charge in [0.2, 0.25) is 12.3 Å². The minimum absolute atomic E-state index is 0.155. The van der Waals surface area contributed by atoms with Gasteiger partial charge in [0.25, 0.3) is 17.4 Å². The van der Waals surface area contributed by atoms with Crippen LogP contribution in [0, 0.1) is 30.6 Å². The van der Waals surface area contributed by atoms with Gasteiger partial charge in [0.15, 0.2) is 0 Å². The number of carbonyl (C=O) groups is 2. The van der Waals surface area contributed by atoms with Crippen LogP contribution < -0.4 is 16.2 Å². The second-order valence-corrected chi connectivity index (χ2v) is 10.3. The van der Waals surface area contributed by atoms with Gasteiger partial charge < -0.3 is 15.2 Å². The Morgan fingerprint density at radius 1 is 1.26 bits per heavy atom. The van der Waals surface area contributed by atoms with Gasteiger partial charge in [0, 0.05) is 12.0 Å². The van der Waals surface area contributed by atoms with E-state index in [0.717, 1.165) is 42.6 Å². The Kier molecular flexibility index (Phi) is 7.47. The first kappa shape index (κ1) is 26.9. The van der Waals surface area contributed by atoms with Gasteiger partial charge in [-0.25, -0.2) is 13.9 Å².